The average Bonchev–Trinajstić information content (AvgIpc) is 3.35. The number of hydrogen-bond acceptors (Lipinski definition) is 6. The van der Waals surface area contributed by atoms with Crippen molar-refractivity contribution in [3.63, 3.8) is 0 Å². The second kappa shape index (κ2) is 12.1. The number of carbonyl (C=O) groups is 1. The molecule has 43 heavy (non-hydrogen) atoms. The zero-order valence-electron chi connectivity index (χ0n) is 23.1. The van der Waals surface area contributed by atoms with Crippen molar-refractivity contribution in [2.24, 2.45) is 4.99 Å². The summed E-state index contributed by atoms with van der Waals surface area (Å²) in [4.78, 5) is 33.3. The topological polar surface area (TPSA) is 69.9 Å². The van der Waals surface area contributed by atoms with Crippen molar-refractivity contribution in [1.29, 1.82) is 0 Å². The van der Waals surface area contributed by atoms with Crippen molar-refractivity contribution < 1.29 is 14.3 Å². The van der Waals surface area contributed by atoms with E-state index < -0.39 is 12.0 Å². The lowest BCUT2D eigenvalue weighted by atomic mass is 9.93. The zero-order valence-corrected chi connectivity index (χ0v) is 24.7. The van der Waals surface area contributed by atoms with Gasteiger partial charge in [-0.05, 0) is 47.5 Å². The van der Waals surface area contributed by atoms with Crippen molar-refractivity contribution in [3.8, 4) is 18.1 Å². The number of esters is 1. The van der Waals surface area contributed by atoms with Gasteiger partial charge in [0.1, 0.15) is 12.4 Å². The number of nitrogens with zero attached hydrogens (tertiary/aromatic N) is 2. The highest BCUT2D eigenvalue weighted by Gasteiger charge is 2.35. The van der Waals surface area contributed by atoms with E-state index in [1.54, 1.807) is 23.6 Å². The van der Waals surface area contributed by atoms with Gasteiger partial charge in [0.15, 0.2) is 4.80 Å². The number of carbonyl (C=O) groups excluding carboxylic acids is 1. The molecule has 0 spiro atoms. The molecule has 0 N–H and O–H groups in total. The highest BCUT2D eigenvalue weighted by molar-refractivity contribution is 7.07. The molecule has 1 aliphatic heterocycles. The van der Waals surface area contributed by atoms with Crippen molar-refractivity contribution in [2.75, 3.05) is 13.2 Å². The van der Waals surface area contributed by atoms with E-state index in [1.165, 1.54) is 11.3 Å². The predicted molar refractivity (Wildman–Crippen MR) is 171 cm³/mol. The Morgan fingerprint density at radius 1 is 1.05 bits per heavy atom. The van der Waals surface area contributed by atoms with Crippen LogP contribution >= 0.6 is 22.9 Å². The first-order chi connectivity index (χ1) is 21.0. The van der Waals surface area contributed by atoms with Gasteiger partial charge in [0.05, 0.1) is 28.5 Å². The third-order valence-electron chi connectivity index (χ3n) is 7.08. The van der Waals surface area contributed by atoms with Crippen molar-refractivity contribution in [3.05, 3.63) is 138 Å². The maximum Gasteiger partial charge on any atom is 0.338 e. The second-order valence-electron chi connectivity index (χ2n) is 9.67. The predicted octanol–water partition coefficient (Wildman–Crippen LogP) is 5.75. The van der Waals surface area contributed by atoms with E-state index in [9.17, 15) is 9.59 Å². The molecule has 212 valence electrons. The summed E-state index contributed by atoms with van der Waals surface area (Å²) in [6.45, 7) is 2.00. The van der Waals surface area contributed by atoms with Crippen LogP contribution in [0.5, 0.6) is 5.75 Å². The summed E-state index contributed by atoms with van der Waals surface area (Å²) in [6.07, 6.45) is 7.29. The molecule has 0 unspecified atom stereocenters. The Labute approximate surface area is 256 Å². The molecule has 8 heteroatoms. The van der Waals surface area contributed by atoms with E-state index in [1.807, 2.05) is 84.9 Å². The number of terminal acetylenes is 1. The summed E-state index contributed by atoms with van der Waals surface area (Å²) >= 11 is 7.48. The Hall–Kier alpha value is -4.90. The Balaban J connectivity index is 1.66. The highest BCUT2D eigenvalue weighted by atomic mass is 35.5. The molecule has 1 aliphatic rings. The van der Waals surface area contributed by atoms with Crippen LogP contribution in [0, 0.1) is 12.3 Å². The van der Waals surface area contributed by atoms with E-state index in [-0.39, 0.29) is 24.3 Å². The molecular weight excluding hydrogens is 580 g/mol. The van der Waals surface area contributed by atoms with Gasteiger partial charge in [-0.25, -0.2) is 9.79 Å². The number of thiazole rings is 1. The van der Waals surface area contributed by atoms with E-state index >= 15 is 0 Å². The van der Waals surface area contributed by atoms with Crippen LogP contribution in [0.15, 0.2) is 106 Å². The Bertz CT molecular complexity index is 2110. The monoisotopic (exact) mass is 604 g/mol. The van der Waals surface area contributed by atoms with Crippen LogP contribution in [-0.4, -0.2) is 23.8 Å². The number of rotatable bonds is 7. The molecule has 1 atom stereocenters. The van der Waals surface area contributed by atoms with Crippen LogP contribution in [0.1, 0.15) is 29.7 Å². The highest BCUT2D eigenvalue weighted by Crippen LogP contribution is 2.36. The quantitative estimate of drug-likeness (QED) is 0.175. The maximum absolute atomic E-state index is 14.3. The first-order valence-corrected chi connectivity index (χ1v) is 14.8. The van der Waals surface area contributed by atoms with Crippen molar-refractivity contribution in [1.82, 2.24) is 4.57 Å². The van der Waals surface area contributed by atoms with Gasteiger partial charge in [-0.15, -0.1) is 6.42 Å². The number of benzene rings is 4. The number of fused-ring (bicyclic) bond motifs is 2. The molecule has 0 saturated heterocycles. The van der Waals surface area contributed by atoms with Crippen molar-refractivity contribution in [2.45, 2.75) is 13.0 Å². The summed E-state index contributed by atoms with van der Waals surface area (Å²) < 4.78 is 13.4. The van der Waals surface area contributed by atoms with Crippen LogP contribution in [0.4, 0.5) is 0 Å². The fourth-order valence-electron chi connectivity index (χ4n) is 5.20. The Morgan fingerprint density at radius 3 is 2.53 bits per heavy atom. The Kier molecular flexibility index (Phi) is 7.97. The van der Waals surface area contributed by atoms with E-state index in [4.69, 9.17) is 32.5 Å². The normalized spacial score (nSPS) is 14.6. The van der Waals surface area contributed by atoms with Gasteiger partial charge in [0.25, 0.3) is 5.56 Å². The van der Waals surface area contributed by atoms with Crippen LogP contribution < -0.4 is 19.6 Å². The molecule has 0 saturated carbocycles. The Morgan fingerprint density at radius 2 is 1.79 bits per heavy atom. The molecule has 0 fully saturated rings. The summed E-state index contributed by atoms with van der Waals surface area (Å²) in [6, 6.07) is 27.4. The molecule has 5 aromatic rings. The van der Waals surface area contributed by atoms with Crippen LogP contribution in [0.3, 0.4) is 0 Å². The third-order valence-corrected chi connectivity index (χ3v) is 8.31. The lowest BCUT2D eigenvalue weighted by Crippen LogP contribution is -2.40. The summed E-state index contributed by atoms with van der Waals surface area (Å²) in [5.74, 6) is 2.53. The minimum Gasteiger partial charge on any atom is -0.480 e. The first kappa shape index (κ1) is 28.2. The molecule has 4 aromatic carbocycles. The van der Waals surface area contributed by atoms with E-state index in [0.29, 0.717) is 31.4 Å². The molecular formula is C35H25ClN2O4S. The van der Waals surface area contributed by atoms with Gasteiger partial charge < -0.3 is 9.47 Å². The molecule has 1 aromatic heterocycles. The summed E-state index contributed by atoms with van der Waals surface area (Å²) in [5.41, 5.74) is 2.60. The zero-order chi connectivity index (χ0) is 29.9. The lowest BCUT2D eigenvalue weighted by molar-refractivity contribution is -0.138. The summed E-state index contributed by atoms with van der Waals surface area (Å²) in [5, 5.41) is 2.44. The molecule has 0 radical (unpaired) electrons. The molecule has 6 rings (SSSR count). The maximum atomic E-state index is 14.3. The minimum atomic E-state index is -0.797. The molecule has 2 heterocycles. The largest absolute Gasteiger partial charge is 0.480 e. The van der Waals surface area contributed by atoms with E-state index in [2.05, 4.69) is 5.92 Å². The fourth-order valence-corrected chi connectivity index (χ4v) is 6.31. The standard InChI is InChI=1S/C35H25ClN2O4S/c1-3-20-42-28-19-16-22-10-8-9-13-26(22)27(28)21-29-33(39)38-32(24-14-17-25(36)18-15-24)30(34(40)41-4-2)31(37-35(38)43-29)23-11-6-5-7-12-23/h1,5-19,21,32H,4,20H2,2H3/b29-21-/t32-/m1/s1. The molecule has 0 aliphatic carbocycles. The van der Waals surface area contributed by atoms with Gasteiger partial charge in [-0.1, -0.05) is 102 Å². The van der Waals surface area contributed by atoms with Crippen LogP contribution in [-0.2, 0) is 9.53 Å². The smallest absolute Gasteiger partial charge is 0.338 e. The molecule has 6 nitrogen and oxygen atoms in total. The van der Waals surface area contributed by atoms with Crippen molar-refractivity contribution >= 4 is 51.5 Å². The van der Waals surface area contributed by atoms with E-state index in [0.717, 1.165) is 21.9 Å². The molecule has 0 bridgehead atoms. The number of halogens is 1. The summed E-state index contributed by atoms with van der Waals surface area (Å²) in [7, 11) is 0. The first-order valence-electron chi connectivity index (χ1n) is 13.6. The fraction of sp³-hybridized carbons (Fsp3) is 0.114. The lowest BCUT2D eigenvalue weighted by Gasteiger charge is -2.26. The molecule has 0 amide bonds. The van der Waals surface area contributed by atoms with Gasteiger partial charge in [-0.2, -0.15) is 0 Å². The van der Waals surface area contributed by atoms with Gasteiger partial charge in [-0.3, -0.25) is 9.36 Å². The SMILES string of the molecule is C#CCOc1ccc2ccccc2c1/C=c1\sc2n(c1=O)[C@H](c1ccc(Cl)cc1)C(C(=O)OCC)=C(c1ccccc1)N=2. The van der Waals surface area contributed by atoms with Gasteiger partial charge in [0, 0.05) is 16.1 Å². The van der Waals surface area contributed by atoms with Gasteiger partial charge >= 0.3 is 5.97 Å². The van der Waals surface area contributed by atoms with Gasteiger partial charge in [0.2, 0.25) is 0 Å². The average molecular weight is 605 g/mol. The second-order valence-corrected chi connectivity index (χ2v) is 11.1. The number of ether oxygens (including phenoxy) is 2. The van der Waals surface area contributed by atoms with Crippen LogP contribution in [0.25, 0.3) is 22.5 Å². The number of aromatic nitrogens is 1. The van der Waals surface area contributed by atoms with Crippen LogP contribution in [0.2, 0.25) is 5.02 Å². The minimum absolute atomic E-state index is 0.0837. The number of hydrogen-bond donors (Lipinski definition) is 0. The third kappa shape index (κ3) is 5.39.